The van der Waals surface area contributed by atoms with Crippen LogP contribution < -0.4 is 5.73 Å². The zero-order valence-electron chi connectivity index (χ0n) is 10.2. The minimum atomic E-state index is -3.04. The lowest BCUT2D eigenvalue weighted by molar-refractivity contribution is 0.326. The molecule has 0 radical (unpaired) electrons. The van der Waals surface area contributed by atoms with Gasteiger partial charge in [-0.2, -0.15) is 4.31 Å². The van der Waals surface area contributed by atoms with E-state index in [1.165, 1.54) is 0 Å². The Kier molecular flexibility index (Phi) is 2.96. The lowest BCUT2D eigenvalue weighted by atomic mass is 9.87. The number of nitrogens with zero attached hydrogens (tertiary/aromatic N) is 1. The standard InChI is InChI=1S/C12H22N2O2S/c13-10-5-9-6-11(7-10)14(8-9)17(15,16)12-3-1-2-4-12/h9-12H,1-8,13H2. The molecule has 2 aliphatic carbocycles. The molecule has 4 nitrogen and oxygen atoms in total. The lowest BCUT2D eigenvalue weighted by Crippen LogP contribution is -2.42. The number of nitrogens with two attached hydrogens (primary N) is 1. The zero-order valence-corrected chi connectivity index (χ0v) is 11.0. The summed E-state index contributed by atoms with van der Waals surface area (Å²) in [7, 11) is -3.04. The normalized spacial score (nSPS) is 39.9. The number of rotatable bonds is 2. The van der Waals surface area contributed by atoms with E-state index in [1.807, 2.05) is 0 Å². The Morgan fingerprint density at radius 1 is 1.06 bits per heavy atom. The largest absolute Gasteiger partial charge is 0.328 e. The van der Waals surface area contributed by atoms with E-state index in [4.69, 9.17) is 5.73 Å². The second kappa shape index (κ2) is 4.21. The van der Waals surface area contributed by atoms with Gasteiger partial charge in [-0.05, 0) is 38.0 Å². The Morgan fingerprint density at radius 2 is 1.76 bits per heavy atom. The van der Waals surface area contributed by atoms with Crippen LogP contribution in [0.25, 0.3) is 0 Å². The van der Waals surface area contributed by atoms with E-state index in [-0.39, 0.29) is 17.3 Å². The van der Waals surface area contributed by atoms with Crippen molar-refractivity contribution in [1.29, 1.82) is 0 Å². The summed E-state index contributed by atoms with van der Waals surface area (Å²) in [6, 6.07) is 0.414. The molecule has 0 spiro atoms. The Labute approximate surface area is 104 Å². The average molecular weight is 258 g/mol. The summed E-state index contributed by atoms with van der Waals surface area (Å²) < 4.78 is 26.9. The molecule has 2 bridgehead atoms. The smallest absolute Gasteiger partial charge is 0.217 e. The summed E-state index contributed by atoms with van der Waals surface area (Å²) in [5, 5.41) is -0.0990. The fourth-order valence-corrected chi connectivity index (χ4v) is 6.25. The fraction of sp³-hybridized carbons (Fsp3) is 1.00. The lowest BCUT2D eigenvalue weighted by Gasteiger charge is -2.28. The number of hydrogen-bond acceptors (Lipinski definition) is 3. The molecule has 1 saturated heterocycles. The van der Waals surface area contributed by atoms with Gasteiger partial charge >= 0.3 is 0 Å². The number of hydrogen-bond donors (Lipinski definition) is 1. The molecule has 0 amide bonds. The first-order valence-electron chi connectivity index (χ1n) is 6.83. The van der Waals surface area contributed by atoms with Gasteiger partial charge in [0.15, 0.2) is 0 Å². The number of fused-ring (bicyclic) bond motifs is 2. The molecule has 17 heavy (non-hydrogen) atoms. The van der Waals surface area contributed by atoms with E-state index in [2.05, 4.69) is 0 Å². The van der Waals surface area contributed by atoms with Gasteiger partial charge in [-0.25, -0.2) is 8.42 Å². The van der Waals surface area contributed by atoms with Crippen LogP contribution in [0.3, 0.4) is 0 Å². The average Bonchev–Trinajstić information content (AvgIpc) is 2.86. The number of sulfonamides is 1. The third-order valence-electron chi connectivity index (χ3n) is 4.71. The summed E-state index contributed by atoms with van der Waals surface area (Å²) in [6.07, 6.45) is 6.79. The first kappa shape index (κ1) is 11.9. The van der Waals surface area contributed by atoms with Gasteiger partial charge in [-0.1, -0.05) is 12.8 Å². The van der Waals surface area contributed by atoms with Crippen molar-refractivity contribution in [2.75, 3.05) is 6.54 Å². The van der Waals surface area contributed by atoms with E-state index in [9.17, 15) is 8.42 Å². The van der Waals surface area contributed by atoms with Crippen molar-refractivity contribution in [2.24, 2.45) is 11.7 Å². The highest BCUT2D eigenvalue weighted by Gasteiger charge is 2.46. The van der Waals surface area contributed by atoms with Crippen LogP contribution in [0.1, 0.15) is 44.9 Å². The highest BCUT2D eigenvalue weighted by atomic mass is 32.2. The van der Waals surface area contributed by atoms with E-state index in [0.29, 0.717) is 5.92 Å². The Bertz CT molecular complexity index is 389. The second-order valence-corrected chi connectivity index (χ2v) is 8.17. The summed E-state index contributed by atoms with van der Waals surface area (Å²) in [5.41, 5.74) is 5.99. The quantitative estimate of drug-likeness (QED) is 0.806. The maximum Gasteiger partial charge on any atom is 0.217 e. The maximum atomic E-state index is 12.6. The van der Waals surface area contributed by atoms with Crippen LogP contribution >= 0.6 is 0 Å². The predicted molar refractivity (Wildman–Crippen MR) is 67.0 cm³/mol. The Balaban J connectivity index is 1.80. The third kappa shape index (κ3) is 2.02. The van der Waals surface area contributed by atoms with E-state index >= 15 is 0 Å². The molecule has 0 aromatic rings. The van der Waals surface area contributed by atoms with Gasteiger partial charge in [0.2, 0.25) is 10.0 Å². The zero-order chi connectivity index (χ0) is 12.0. The van der Waals surface area contributed by atoms with E-state index in [0.717, 1.165) is 51.5 Å². The Hall–Kier alpha value is -0.130. The first-order chi connectivity index (χ1) is 8.07. The topological polar surface area (TPSA) is 63.4 Å². The summed E-state index contributed by atoms with van der Waals surface area (Å²) in [6.45, 7) is 0.733. The molecule has 3 fully saturated rings. The molecule has 98 valence electrons. The van der Waals surface area contributed by atoms with Gasteiger partial charge in [-0.15, -0.1) is 0 Å². The monoisotopic (exact) mass is 258 g/mol. The van der Waals surface area contributed by atoms with Crippen molar-refractivity contribution in [1.82, 2.24) is 4.31 Å². The molecule has 5 heteroatoms. The van der Waals surface area contributed by atoms with Crippen molar-refractivity contribution in [2.45, 2.75) is 62.3 Å². The summed E-state index contributed by atoms with van der Waals surface area (Å²) in [5.74, 6) is 0.514. The van der Waals surface area contributed by atoms with Crippen molar-refractivity contribution in [3.8, 4) is 0 Å². The molecule has 3 rings (SSSR count). The van der Waals surface area contributed by atoms with Crippen LogP contribution in [-0.4, -0.2) is 36.6 Å². The van der Waals surface area contributed by atoms with Crippen LogP contribution in [-0.2, 0) is 10.0 Å². The molecule has 3 unspecified atom stereocenters. The fourth-order valence-electron chi connectivity index (χ4n) is 3.93. The molecule has 0 aromatic heterocycles. The maximum absolute atomic E-state index is 12.6. The van der Waals surface area contributed by atoms with Gasteiger partial charge in [0.25, 0.3) is 0 Å². The van der Waals surface area contributed by atoms with Gasteiger partial charge in [0, 0.05) is 18.6 Å². The van der Waals surface area contributed by atoms with Crippen LogP contribution in [0.15, 0.2) is 0 Å². The molecular weight excluding hydrogens is 236 g/mol. The molecule has 3 atom stereocenters. The van der Waals surface area contributed by atoms with E-state index in [1.54, 1.807) is 4.31 Å². The van der Waals surface area contributed by atoms with Gasteiger partial charge in [0.05, 0.1) is 5.25 Å². The van der Waals surface area contributed by atoms with Gasteiger partial charge in [-0.3, -0.25) is 0 Å². The van der Waals surface area contributed by atoms with E-state index < -0.39 is 10.0 Å². The molecule has 2 saturated carbocycles. The molecule has 3 aliphatic rings. The summed E-state index contributed by atoms with van der Waals surface area (Å²) in [4.78, 5) is 0. The minimum Gasteiger partial charge on any atom is -0.328 e. The van der Waals surface area contributed by atoms with Crippen LogP contribution in [0, 0.1) is 5.92 Å². The van der Waals surface area contributed by atoms with Gasteiger partial charge in [0.1, 0.15) is 0 Å². The highest BCUT2D eigenvalue weighted by molar-refractivity contribution is 7.89. The van der Waals surface area contributed by atoms with Crippen LogP contribution in [0.5, 0.6) is 0 Å². The molecule has 1 aliphatic heterocycles. The molecule has 1 heterocycles. The van der Waals surface area contributed by atoms with Crippen molar-refractivity contribution >= 4 is 10.0 Å². The SMILES string of the molecule is NC1CC2CC(C1)N(S(=O)(=O)C1CCCC1)C2. The molecule has 2 N–H and O–H groups in total. The third-order valence-corrected chi connectivity index (χ3v) is 7.13. The van der Waals surface area contributed by atoms with Crippen molar-refractivity contribution in [3.63, 3.8) is 0 Å². The van der Waals surface area contributed by atoms with Crippen LogP contribution in [0.4, 0.5) is 0 Å². The minimum absolute atomic E-state index is 0.0990. The first-order valence-corrected chi connectivity index (χ1v) is 8.34. The summed E-state index contributed by atoms with van der Waals surface area (Å²) >= 11 is 0. The second-order valence-electron chi connectivity index (χ2n) is 6.01. The van der Waals surface area contributed by atoms with Crippen LogP contribution in [0.2, 0.25) is 0 Å². The van der Waals surface area contributed by atoms with Crippen molar-refractivity contribution in [3.05, 3.63) is 0 Å². The highest BCUT2D eigenvalue weighted by Crippen LogP contribution is 2.39. The molecular formula is C12H22N2O2S. The van der Waals surface area contributed by atoms with Crippen molar-refractivity contribution < 1.29 is 8.42 Å². The Morgan fingerprint density at radius 3 is 2.47 bits per heavy atom. The van der Waals surface area contributed by atoms with Gasteiger partial charge < -0.3 is 5.73 Å². The molecule has 0 aromatic carbocycles. The predicted octanol–water partition coefficient (Wildman–Crippen LogP) is 1.07.